The first-order valence-corrected chi connectivity index (χ1v) is 17.2. The Labute approximate surface area is 284 Å². The van der Waals surface area contributed by atoms with Crippen LogP contribution in [0.15, 0.2) is 12.7 Å². The number of carbonyl (C=O) groups excluding carboxylic acids is 5. The van der Waals surface area contributed by atoms with Crippen molar-refractivity contribution in [2.75, 3.05) is 13.1 Å². The van der Waals surface area contributed by atoms with E-state index >= 15 is 0 Å². The van der Waals surface area contributed by atoms with E-state index in [1.165, 1.54) is 13.0 Å². The zero-order chi connectivity index (χ0) is 36.2. The summed E-state index contributed by atoms with van der Waals surface area (Å²) in [7, 11) is 0. The van der Waals surface area contributed by atoms with Crippen LogP contribution in [-0.4, -0.2) is 90.0 Å². The average Bonchev–Trinajstić information content (AvgIpc) is 2.99. The monoisotopic (exact) mass is 680 g/mol. The molecule has 0 unspecified atom stereocenters. The van der Waals surface area contributed by atoms with Crippen LogP contribution in [0.2, 0.25) is 0 Å². The smallest absolute Gasteiger partial charge is 0.326 e. The van der Waals surface area contributed by atoms with Crippen molar-refractivity contribution in [3.63, 3.8) is 0 Å². The van der Waals surface area contributed by atoms with E-state index in [1.807, 2.05) is 13.8 Å². The summed E-state index contributed by atoms with van der Waals surface area (Å²) in [6.45, 7) is 9.68. The van der Waals surface area contributed by atoms with Gasteiger partial charge in [-0.2, -0.15) is 0 Å². The van der Waals surface area contributed by atoms with E-state index in [0.717, 1.165) is 19.3 Å². The van der Waals surface area contributed by atoms with Gasteiger partial charge in [-0.15, -0.1) is 6.58 Å². The maximum Gasteiger partial charge on any atom is 0.326 e. The third-order valence-corrected chi connectivity index (χ3v) is 8.36. The Morgan fingerprint density at radius 2 is 1.15 bits per heavy atom. The standard InChI is InChI=1S/C33H60N8O7/c1-5-11-23(29(43)40-26(19-22-12-10-13-22)32(46)41-27(33(47)48)18-20(2)3)38-31(45)25(15-7-9-17-35)39-30(44)24(14-6-8-16-34)37-28(42)21(4)36/h5,20-27H,1,6-19,34-36H2,2-4H3,(H,37,42)(H,38,45)(H,39,44)(H,40,43)(H,41,46)(H,47,48)/t21-,23-,24-,25-,26-,27-/m0/s1. The van der Waals surface area contributed by atoms with Crippen LogP contribution in [-0.2, 0) is 28.8 Å². The maximum atomic E-state index is 13.6. The second kappa shape index (κ2) is 22.9. The summed E-state index contributed by atoms with van der Waals surface area (Å²) in [6.07, 6.45) is 7.59. The summed E-state index contributed by atoms with van der Waals surface area (Å²) in [4.78, 5) is 78.0. The predicted octanol–water partition coefficient (Wildman–Crippen LogP) is -0.0874. The molecule has 0 saturated heterocycles. The lowest BCUT2D eigenvalue weighted by atomic mass is 9.80. The summed E-state index contributed by atoms with van der Waals surface area (Å²) >= 11 is 0. The van der Waals surface area contributed by atoms with Crippen molar-refractivity contribution in [3.8, 4) is 0 Å². The van der Waals surface area contributed by atoms with E-state index in [1.54, 1.807) is 0 Å². The molecule has 1 fully saturated rings. The third-order valence-electron chi connectivity index (χ3n) is 8.36. The van der Waals surface area contributed by atoms with Gasteiger partial charge in [-0.05, 0) is 89.6 Å². The molecule has 48 heavy (non-hydrogen) atoms. The fourth-order valence-electron chi connectivity index (χ4n) is 5.30. The van der Waals surface area contributed by atoms with Crippen LogP contribution in [0.25, 0.3) is 0 Å². The van der Waals surface area contributed by atoms with Gasteiger partial charge >= 0.3 is 5.97 Å². The molecule has 0 bridgehead atoms. The summed E-state index contributed by atoms with van der Waals surface area (Å²) in [5, 5.41) is 23.0. The van der Waals surface area contributed by atoms with Crippen LogP contribution in [0.5, 0.6) is 0 Å². The summed E-state index contributed by atoms with van der Waals surface area (Å²) < 4.78 is 0. The first-order valence-electron chi connectivity index (χ1n) is 17.2. The minimum atomic E-state index is -1.16. The van der Waals surface area contributed by atoms with Crippen LogP contribution in [0.4, 0.5) is 0 Å². The van der Waals surface area contributed by atoms with E-state index < -0.39 is 71.8 Å². The zero-order valence-electron chi connectivity index (χ0n) is 28.9. The highest BCUT2D eigenvalue weighted by Crippen LogP contribution is 2.30. The molecule has 274 valence electrons. The lowest BCUT2D eigenvalue weighted by molar-refractivity contribution is -0.143. The molecule has 12 N–H and O–H groups in total. The molecule has 1 saturated carbocycles. The van der Waals surface area contributed by atoms with E-state index in [9.17, 15) is 33.9 Å². The SMILES string of the molecule is C=CC[C@H](NC(=O)[C@H](CCCCN)NC(=O)[C@H](CCCCN)NC(=O)[C@H](C)N)C(=O)N[C@@H](CC1CCC1)C(=O)N[C@@H](CC(C)C)C(=O)O. The molecule has 6 atom stereocenters. The summed E-state index contributed by atoms with van der Waals surface area (Å²) in [6, 6.07) is -6.12. The van der Waals surface area contributed by atoms with Crippen LogP contribution in [0, 0.1) is 11.8 Å². The molecule has 0 aliphatic heterocycles. The molecule has 1 aliphatic rings. The molecule has 0 heterocycles. The number of rotatable bonds is 25. The second-order valence-corrected chi connectivity index (χ2v) is 13.2. The van der Waals surface area contributed by atoms with Crippen molar-refractivity contribution in [1.29, 1.82) is 0 Å². The Morgan fingerprint density at radius 3 is 1.56 bits per heavy atom. The molecule has 15 heteroatoms. The molecule has 1 aliphatic carbocycles. The highest BCUT2D eigenvalue weighted by molar-refractivity contribution is 5.96. The molecule has 0 spiro atoms. The van der Waals surface area contributed by atoms with Gasteiger partial charge in [0.25, 0.3) is 0 Å². The topological polar surface area (TPSA) is 261 Å². The molecule has 0 radical (unpaired) electrons. The molecule has 15 nitrogen and oxygen atoms in total. The van der Waals surface area contributed by atoms with Crippen LogP contribution >= 0.6 is 0 Å². The first kappa shape index (κ1) is 42.5. The fourth-order valence-corrected chi connectivity index (χ4v) is 5.30. The number of hydrogen-bond acceptors (Lipinski definition) is 9. The van der Waals surface area contributed by atoms with E-state index in [0.29, 0.717) is 45.2 Å². The van der Waals surface area contributed by atoms with E-state index in [-0.39, 0.29) is 37.5 Å². The number of carbonyl (C=O) groups is 6. The van der Waals surface area contributed by atoms with Gasteiger partial charge in [0.15, 0.2) is 0 Å². The number of hydrogen-bond donors (Lipinski definition) is 9. The van der Waals surface area contributed by atoms with Crippen molar-refractivity contribution >= 4 is 35.5 Å². The van der Waals surface area contributed by atoms with Crippen LogP contribution in [0.1, 0.15) is 97.8 Å². The Kier molecular flexibility index (Phi) is 20.3. The summed E-state index contributed by atoms with van der Waals surface area (Å²) in [5.74, 6) is -3.93. The van der Waals surface area contributed by atoms with Gasteiger partial charge in [0.1, 0.15) is 30.2 Å². The second-order valence-electron chi connectivity index (χ2n) is 13.2. The van der Waals surface area contributed by atoms with Gasteiger partial charge in [-0.1, -0.05) is 39.2 Å². The minimum absolute atomic E-state index is 0.0123. The number of aliphatic carboxylic acids is 1. The normalized spacial score (nSPS) is 16.6. The first-order chi connectivity index (χ1) is 22.7. The number of carboxylic acids is 1. The minimum Gasteiger partial charge on any atom is -0.480 e. The number of carboxylic acid groups (broad SMARTS) is 1. The fraction of sp³-hybridized carbons (Fsp3) is 0.758. The Bertz CT molecular complexity index is 1070. The van der Waals surface area contributed by atoms with Gasteiger partial charge in [-0.25, -0.2) is 4.79 Å². The largest absolute Gasteiger partial charge is 0.480 e. The average molecular weight is 681 g/mol. The van der Waals surface area contributed by atoms with E-state index in [4.69, 9.17) is 17.2 Å². The highest BCUT2D eigenvalue weighted by Gasteiger charge is 2.34. The Balaban J connectivity index is 3.15. The number of nitrogens with one attached hydrogen (secondary N) is 5. The molecular weight excluding hydrogens is 620 g/mol. The van der Waals surface area contributed by atoms with Gasteiger partial charge in [0.05, 0.1) is 6.04 Å². The van der Waals surface area contributed by atoms with Gasteiger partial charge in [-0.3, -0.25) is 24.0 Å². The number of nitrogens with two attached hydrogens (primary N) is 3. The zero-order valence-corrected chi connectivity index (χ0v) is 28.9. The van der Waals surface area contributed by atoms with Crippen molar-refractivity contribution in [1.82, 2.24) is 26.6 Å². The highest BCUT2D eigenvalue weighted by atomic mass is 16.4. The number of amides is 5. The molecular formula is C33H60N8O7. The van der Waals surface area contributed by atoms with Crippen molar-refractivity contribution in [3.05, 3.63) is 12.7 Å². The quantitative estimate of drug-likeness (QED) is 0.0457. The molecule has 0 aromatic heterocycles. The van der Waals surface area contributed by atoms with Gasteiger partial charge in [0, 0.05) is 0 Å². The van der Waals surface area contributed by atoms with Crippen LogP contribution < -0.4 is 43.8 Å². The molecule has 0 aromatic rings. The maximum absolute atomic E-state index is 13.6. The van der Waals surface area contributed by atoms with Crippen molar-refractivity contribution < 1.29 is 33.9 Å². The molecule has 0 aromatic carbocycles. The van der Waals surface area contributed by atoms with Crippen molar-refractivity contribution in [2.24, 2.45) is 29.0 Å². The van der Waals surface area contributed by atoms with E-state index in [2.05, 4.69) is 33.2 Å². The predicted molar refractivity (Wildman–Crippen MR) is 183 cm³/mol. The Morgan fingerprint density at radius 1 is 0.708 bits per heavy atom. The number of unbranched alkanes of at least 4 members (excludes halogenated alkanes) is 2. The molecule has 1 rings (SSSR count). The van der Waals surface area contributed by atoms with Crippen LogP contribution in [0.3, 0.4) is 0 Å². The third kappa shape index (κ3) is 16.0. The van der Waals surface area contributed by atoms with Crippen molar-refractivity contribution in [2.45, 2.75) is 134 Å². The lowest BCUT2D eigenvalue weighted by Crippen LogP contribution is -2.59. The summed E-state index contributed by atoms with van der Waals surface area (Å²) in [5.41, 5.74) is 16.9. The lowest BCUT2D eigenvalue weighted by Gasteiger charge is -2.31. The van der Waals surface area contributed by atoms with Gasteiger partial charge < -0.3 is 48.9 Å². The van der Waals surface area contributed by atoms with Gasteiger partial charge in [0.2, 0.25) is 29.5 Å². The molecule has 5 amide bonds. The Hall–Kier alpha value is -3.56.